The minimum Gasteiger partial charge on any atom is -0.495 e. The Hall–Kier alpha value is -4.15. The number of hydrogen-bond acceptors (Lipinski definition) is 7. The zero-order valence-corrected chi connectivity index (χ0v) is 19.6. The summed E-state index contributed by atoms with van der Waals surface area (Å²) < 4.78 is 12.9. The highest BCUT2D eigenvalue weighted by molar-refractivity contribution is 6.32. The maximum atomic E-state index is 12.9. The number of nitrogens with one attached hydrogen (secondary N) is 1. The van der Waals surface area contributed by atoms with Crippen LogP contribution in [0.1, 0.15) is 0 Å². The molecule has 0 aliphatic heterocycles. The lowest BCUT2D eigenvalue weighted by Gasteiger charge is -2.07. The molecular weight excluding hydrogens is 495 g/mol. The maximum Gasteiger partial charge on any atom is 0.350 e. The topological polar surface area (TPSA) is 117 Å². The molecule has 10 nitrogen and oxygen atoms in total. The number of hydrogen-bond donors (Lipinski definition) is 1. The standard InChI is InChI=1S/C23H16Cl2N6O4/c1-34-18-9-8-15(11-17(18)25)26-19(32)12-31-23(33)30-10-2-3-16(21(30)28-31)22-27-20(29-35-22)13-4-6-14(24)7-5-13/h2-11H,12H2,1H3,(H,26,32). The summed E-state index contributed by atoms with van der Waals surface area (Å²) in [7, 11) is 1.50. The highest BCUT2D eigenvalue weighted by Crippen LogP contribution is 2.27. The second-order valence-corrected chi connectivity index (χ2v) is 8.23. The molecule has 0 aliphatic rings. The van der Waals surface area contributed by atoms with Crippen molar-refractivity contribution >= 4 is 40.4 Å². The van der Waals surface area contributed by atoms with E-state index in [1.807, 2.05) is 0 Å². The van der Waals surface area contributed by atoms with E-state index in [1.54, 1.807) is 60.8 Å². The number of carbonyl (C=O) groups is 1. The molecule has 0 unspecified atom stereocenters. The number of fused-ring (bicyclic) bond motifs is 1. The lowest BCUT2D eigenvalue weighted by molar-refractivity contribution is -0.117. The van der Waals surface area contributed by atoms with Gasteiger partial charge in [0.2, 0.25) is 11.7 Å². The largest absolute Gasteiger partial charge is 0.495 e. The summed E-state index contributed by atoms with van der Waals surface area (Å²) in [6.07, 6.45) is 1.54. The fourth-order valence-corrected chi connectivity index (χ4v) is 3.82. The van der Waals surface area contributed by atoms with Crippen LogP contribution in [0.25, 0.3) is 28.5 Å². The van der Waals surface area contributed by atoms with Crippen molar-refractivity contribution in [3.8, 4) is 28.6 Å². The molecule has 0 bridgehead atoms. The molecular formula is C23H16Cl2N6O4. The van der Waals surface area contributed by atoms with Gasteiger partial charge in [-0.1, -0.05) is 28.4 Å². The van der Waals surface area contributed by atoms with E-state index in [4.69, 9.17) is 32.5 Å². The number of anilines is 1. The molecule has 12 heteroatoms. The average Bonchev–Trinajstić information content (AvgIpc) is 3.45. The van der Waals surface area contributed by atoms with E-state index in [1.165, 1.54) is 11.5 Å². The number of ether oxygens (including phenoxy) is 1. The van der Waals surface area contributed by atoms with E-state index in [-0.39, 0.29) is 18.1 Å². The molecule has 1 amide bonds. The molecule has 0 radical (unpaired) electrons. The van der Waals surface area contributed by atoms with E-state index in [0.717, 1.165) is 10.2 Å². The summed E-state index contributed by atoms with van der Waals surface area (Å²) in [5.74, 6) is 0.558. The van der Waals surface area contributed by atoms with Gasteiger partial charge in [-0.3, -0.25) is 4.79 Å². The Kier molecular flexibility index (Phi) is 5.98. The summed E-state index contributed by atoms with van der Waals surface area (Å²) in [6, 6.07) is 15.2. The van der Waals surface area contributed by atoms with Crippen LogP contribution in [0.3, 0.4) is 0 Å². The SMILES string of the molecule is COc1ccc(NC(=O)Cn2nc3c(-c4nc(-c5ccc(Cl)cc5)no4)cccn3c2=O)cc1Cl. The first-order chi connectivity index (χ1) is 16.9. The first-order valence-electron chi connectivity index (χ1n) is 10.2. The van der Waals surface area contributed by atoms with E-state index >= 15 is 0 Å². The number of carbonyl (C=O) groups excluding carboxylic acids is 1. The van der Waals surface area contributed by atoms with Crippen LogP contribution in [0.15, 0.2) is 70.1 Å². The van der Waals surface area contributed by atoms with Crippen molar-refractivity contribution in [2.24, 2.45) is 0 Å². The fraction of sp³-hybridized carbons (Fsp3) is 0.0870. The van der Waals surface area contributed by atoms with Crippen LogP contribution in [-0.2, 0) is 11.3 Å². The zero-order chi connectivity index (χ0) is 24.5. The van der Waals surface area contributed by atoms with Gasteiger partial charge in [0, 0.05) is 22.5 Å². The van der Waals surface area contributed by atoms with Crippen molar-refractivity contribution in [3.05, 3.63) is 81.3 Å². The predicted molar refractivity (Wildman–Crippen MR) is 130 cm³/mol. The first-order valence-corrected chi connectivity index (χ1v) is 11.0. The van der Waals surface area contributed by atoms with Crippen molar-refractivity contribution in [2.75, 3.05) is 12.4 Å². The van der Waals surface area contributed by atoms with Crippen LogP contribution in [-0.4, -0.2) is 37.3 Å². The van der Waals surface area contributed by atoms with Gasteiger partial charge in [-0.05, 0) is 54.6 Å². The Balaban J connectivity index is 1.42. The molecule has 176 valence electrons. The van der Waals surface area contributed by atoms with Crippen LogP contribution in [0, 0.1) is 0 Å². The molecule has 0 spiro atoms. The number of methoxy groups -OCH3 is 1. The van der Waals surface area contributed by atoms with Gasteiger partial charge in [0.1, 0.15) is 12.3 Å². The molecule has 5 aromatic rings. The summed E-state index contributed by atoms with van der Waals surface area (Å²) in [5, 5.41) is 12.0. The monoisotopic (exact) mass is 510 g/mol. The molecule has 3 aromatic heterocycles. The van der Waals surface area contributed by atoms with Crippen molar-refractivity contribution in [2.45, 2.75) is 6.54 Å². The normalized spacial score (nSPS) is 11.1. The van der Waals surface area contributed by atoms with Gasteiger partial charge in [0.15, 0.2) is 5.65 Å². The summed E-state index contributed by atoms with van der Waals surface area (Å²) in [5.41, 5.74) is 1.39. The zero-order valence-electron chi connectivity index (χ0n) is 18.1. The van der Waals surface area contributed by atoms with E-state index in [9.17, 15) is 9.59 Å². The number of benzene rings is 2. The van der Waals surface area contributed by atoms with Crippen LogP contribution in [0.4, 0.5) is 5.69 Å². The lowest BCUT2D eigenvalue weighted by Crippen LogP contribution is -2.28. The van der Waals surface area contributed by atoms with Gasteiger partial charge in [-0.2, -0.15) is 4.98 Å². The van der Waals surface area contributed by atoms with Gasteiger partial charge in [0.05, 0.1) is 17.7 Å². The predicted octanol–water partition coefficient (Wildman–Crippen LogP) is 4.17. The average molecular weight is 511 g/mol. The Bertz CT molecular complexity index is 1610. The smallest absolute Gasteiger partial charge is 0.350 e. The van der Waals surface area contributed by atoms with Crippen molar-refractivity contribution in [3.63, 3.8) is 0 Å². The number of amides is 1. The molecule has 0 aliphatic carbocycles. The highest BCUT2D eigenvalue weighted by Gasteiger charge is 2.19. The van der Waals surface area contributed by atoms with E-state index in [0.29, 0.717) is 32.9 Å². The third kappa shape index (κ3) is 4.48. The second kappa shape index (κ2) is 9.24. The lowest BCUT2D eigenvalue weighted by atomic mass is 10.2. The van der Waals surface area contributed by atoms with Crippen LogP contribution in [0.5, 0.6) is 5.75 Å². The molecule has 5 rings (SSSR count). The third-order valence-corrected chi connectivity index (χ3v) is 5.64. The molecule has 2 aromatic carbocycles. The Morgan fingerprint density at radius 2 is 1.94 bits per heavy atom. The molecule has 1 N–H and O–H groups in total. The molecule has 3 heterocycles. The number of nitrogens with zero attached hydrogens (tertiary/aromatic N) is 5. The quantitative estimate of drug-likeness (QED) is 0.364. The number of rotatable bonds is 6. The number of pyridine rings is 1. The number of aromatic nitrogens is 5. The fourth-order valence-electron chi connectivity index (χ4n) is 3.44. The summed E-state index contributed by atoms with van der Waals surface area (Å²) >= 11 is 12.0. The molecule has 0 saturated heterocycles. The maximum absolute atomic E-state index is 12.9. The Morgan fingerprint density at radius 1 is 1.14 bits per heavy atom. The number of halogens is 2. The first kappa shape index (κ1) is 22.6. The van der Waals surface area contributed by atoms with Crippen LogP contribution < -0.4 is 15.7 Å². The second-order valence-electron chi connectivity index (χ2n) is 7.38. The summed E-state index contributed by atoms with van der Waals surface area (Å²) in [4.78, 5) is 29.9. The van der Waals surface area contributed by atoms with Gasteiger partial charge in [-0.25, -0.2) is 13.9 Å². The minimum atomic E-state index is -0.498. The van der Waals surface area contributed by atoms with Gasteiger partial charge in [0.25, 0.3) is 5.89 Å². The molecule has 0 fully saturated rings. The van der Waals surface area contributed by atoms with Crippen LogP contribution in [0.2, 0.25) is 10.0 Å². The van der Waals surface area contributed by atoms with Crippen molar-refractivity contribution in [1.29, 1.82) is 0 Å². The van der Waals surface area contributed by atoms with Gasteiger partial charge < -0.3 is 14.6 Å². The molecule has 35 heavy (non-hydrogen) atoms. The van der Waals surface area contributed by atoms with Crippen LogP contribution >= 0.6 is 23.2 Å². The molecule has 0 saturated carbocycles. The Morgan fingerprint density at radius 3 is 2.69 bits per heavy atom. The third-order valence-electron chi connectivity index (χ3n) is 5.10. The van der Waals surface area contributed by atoms with Gasteiger partial charge >= 0.3 is 5.69 Å². The molecule has 0 atom stereocenters. The minimum absolute atomic E-state index is 0.176. The summed E-state index contributed by atoms with van der Waals surface area (Å²) in [6.45, 7) is -0.316. The van der Waals surface area contributed by atoms with Gasteiger partial charge in [-0.15, -0.1) is 5.10 Å². The van der Waals surface area contributed by atoms with E-state index in [2.05, 4.69) is 20.6 Å². The van der Waals surface area contributed by atoms with E-state index < -0.39 is 11.6 Å². The van der Waals surface area contributed by atoms with Crippen molar-refractivity contribution < 1.29 is 14.1 Å². The van der Waals surface area contributed by atoms with Crippen molar-refractivity contribution in [1.82, 2.24) is 24.3 Å². The Labute approximate surface area is 207 Å². The highest BCUT2D eigenvalue weighted by atomic mass is 35.5.